The minimum Gasteiger partial charge on any atom is -0.480 e. The molecule has 0 unspecified atom stereocenters. The minimum atomic E-state index is -1.15. The first kappa shape index (κ1) is 17.4. The van der Waals surface area contributed by atoms with E-state index in [9.17, 15) is 14.4 Å². The number of benzene rings is 1. The molecule has 22 heavy (non-hydrogen) atoms. The number of hydrogen-bond donors (Lipinski definition) is 2. The number of nitrogens with one attached hydrogen (secondary N) is 1. The summed E-state index contributed by atoms with van der Waals surface area (Å²) in [5.74, 6) is -1.25. The van der Waals surface area contributed by atoms with Crippen molar-refractivity contribution in [3.05, 3.63) is 48.0 Å². The molecule has 0 spiro atoms. The van der Waals surface area contributed by atoms with Crippen LogP contribution in [-0.4, -0.2) is 29.0 Å². The molecule has 2 N–H and O–H groups in total. The quantitative estimate of drug-likeness (QED) is 0.719. The van der Waals surface area contributed by atoms with Crippen LogP contribution in [0.5, 0.6) is 0 Å². The van der Waals surface area contributed by atoms with Crippen molar-refractivity contribution in [2.75, 3.05) is 0 Å². The first-order valence-electron chi connectivity index (χ1n) is 6.86. The Morgan fingerprint density at radius 3 is 2.55 bits per heavy atom. The molecule has 0 bridgehead atoms. The molecule has 0 saturated carbocycles. The number of ketones is 1. The first-order valence-corrected chi connectivity index (χ1v) is 6.86. The van der Waals surface area contributed by atoms with Crippen molar-refractivity contribution < 1.29 is 24.2 Å². The van der Waals surface area contributed by atoms with Gasteiger partial charge < -0.3 is 15.2 Å². The molecule has 0 heterocycles. The summed E-state index contributed by atoms with van der Waals surface area (Å²) >= 11 is 0. The van der Waals surface area contributed by atoms with Gasteiger partial charge in [0.05, 0.1) is 0 Å². The second-order valence-corrected chi connectivity index (χ2v) is 4.69. The monoisotopic (exact) mass is 305 g/mol. The molecule has 0 saturated heterocycles. The molecule has 0 aliphatic heterocycles. The third-order valence-corrected chi connectivity index (χ3v) is 2.78. The lowest BCUT2D eigenvalue weighted by Crippen LogP contribution is -2.40. The summed E-state index contributed by atoms with van der Waals surface area (Å²) in [4.78, 5) is 33.4. The summed E-state index contributed by atoms with van der Waals surface area (Å²) in [5, 5.41) is 11.3. The zero-order valence-electron chi connectivity index (χ0n) is 12.3. The third-order valence-electron chi connectivity index (χ3n) is 2.78. The van der Waals surface area contributed by atoms with Crippen molar-refractivity contribution in [2.24, 2.45) is 0 Å². The van der Waals surface area contributed by atoms with E-state index in [0.29, 0.717) is 6.42 Å². The van der Waals surface area contributed by atoms with E-state index < -0.39 is 18.1 Å². The summed E-state index contributed by atoms with van der Waals surface area (Å²) in [6, 6.07) is 8.03. The predicted octanol–water partition coefficient (Wildman–Crippen LogP) is 2.29. The Hall–Kier alpha value is -2.63. The molecule has 1 amide bonds. The second-order valence-electron chi connectivity index (χ2n) is 4.69. The van der Waals surface area contributed by atoms with Crippen LogP contribution in [-0.2, 0) is 20.9 Å². The third kappa shape index (κ3) is 7.23. The van der Waals surface area contributed by atoms with Crippen molar-refractivity contribution in [1.82, 2.24) is 5.32 Å². The maximum absolute atomic E-state index is 11.6. The maximum Gasteiger partial charge on any atom is 0.408 e. The van der Waals surface area contributed by atoms with Crippen molar-refractivity contribution in [2.45, 2.75) is 32.4 Å². The minimum absolute atomic E-state index is 0.0727. The van der Waals surface area contributed by atoms with Gasteiger partial charge >= 0.3 is 12.1 Å². The Labute approximate surface area is 128 Å². The average molecular weight is 305 g/mol. The number of hydrogen-bond acceptors (Lipinski definition) is 4. The molecule has 0 aliphatic rings. The predicted molar refractivity (Wildman–Crippen MR) is 80.2 cm³/mol. The number of rotatable bonds is 8. The topological polar surface area (TPSA) is 92.7 Å². The number of aliphatic carboxylic acids is 1. The molecule has 1 atom stereocenters. The zero-order chi connectivity index (χ0) is 16.4. The Morgan fingerprint density at radius 1 is 1.27 bits per heavy atom. The molecule has 0 radical (unpaired) electrons. The summed E-state index contributed by atoms with van der Waals surface area (Å²) < 4.78 is 4.97. The van der Waals surface area contributed by atoms with E-state index in [0.717, 1.165) is 5.56 Å². The standard InChI is InChI=1S/C16H19NO5/c1-12(18)7-5-6-10-14(15(19)20)17-16(21)22-11-13-8-3-2-4-9-13/h2-5,7-9,14H,6,10-11H2,1H3,(H,17,21)(H,19,20)/t14-/m0/s1. The average Bonchev–Trinajstić information content (AvgIpc) is 2.48. The van der Waals surface area contributed by atoms with Gasteiger partial charge in [0.15, 0.2) is 5.78 Å². The lowest BCUT2D eigenvalue weighted by molar-refractivity contribution is -0.139. The van der Waals surface area contributed by atoms with Crippen molar-refractivity contribution >= 4 is 17.8 Å². The van der Waals surface area contributed by atoms with Crippen molar-refractivity contribution in [3.63, 3.8) is 0 Å². The number of carboxylic acid groups (broad SMARTS) is 1. The number of ether oxygens (including phenoxy) is 1. The van der Waals surface area contributed by atoms with Gasteiger partial charge in [-0.05, 0) is 31.4 Å². The Balaban J connectivity index is 2.40. The molecular weight excluding hydrogens is 286 g/mol. The van der Waals surface area contributed by atoms with Gasteiger partial charge in [0.25, 0.3) is 0 Å². The number of alkyl carbamates (subject to hydrolysis) is 1. The smallest absolute Gasteiger partial charge is 0.408 e. The maximum atomic E-state index is 11.6. The van der Waals surface area contributed by atoms with Crippen molar-refractivity contribution in [3.8, 4) is 0 Å². The van der Waals surface area contributed by atoms with Gasteiger partial charge in [-0.2, -0.15) is 0 Å². The van der Waals surface area contributed by atoms with Gasteiger partial charge in [-0.25, -0.2) is 9.59 Å². The fourth-order valence-corrected chi connectivity index (χ4v) is 1.68. The van der Waals surface area contributed by atoms with Gasteiger partial charge in [0.1, 0.15) is 12.6 Å². The molecule has 1 aromatic carbocycles. The van der Waals surface area contributed by atoms with Gasteiger partial charge in [-0.15, -0.1) is 0 Å². The molecule has 1 rings (SSSR count). The van der Waals surface area contributed by atoms with Crippen molar-refractivity contribution in [1.29, 1.82) is 0 Å². The Bertz CT molecular complexity index is 539. The highest BCUT2D eigenvalue weighted by atomic mass is 16.5. The summed E-state index contributed by atoms with van der Waals surface area (Å²) in [6.45, 7) is 1.48. The largest absolute Gasteiger partial charge is 0.480 e. The van der Waals surface area contributed by atoms with E-state index in [1.165, 1.54) is 13.0 Å². The lowest BCUT2D eigenvalue weighted by Gasteiger charge is -2.13. The van der Waals surface area contributed by atoms with Gasteiger partial charge in [0.2, 0.25) is 0 Å². The second kappa shape index (κ2) is 9.33. The van der Waals surface area contributed by atoms with Gasteiger partial charge in [-0.1, -0.05) is 36.4 Å². The number of carbonyl (C=O) groups is 3. The van der Waals surface area contributed by atoms with Crippen LogP contribution in [0, 0.1) is 0 Å². The van der Waals surface area contributed by atoms with E-state index in [1.807, 2.05) is 18.2 Å². The fraction of sp³-hybridized carbons (Fsp3) is 0.312. The molecule has 0 aromatic heterocycles. The highest BCUT2D eigenvalue weighted by Gasteiger charge is 2.19. The fourth-order valence-electron chi connectivity index (χ4n) is 1.68. The SMILES string of the molecule is CC(=O)C=CCC[C@H](NC(=O)OCc1ccccc1)C(=O)O. The van der Waals surface area contributed by atoms with Crippen LogP contribution in [0.15, 0.2) is 42.5 Å². The highest BCUT2D eigenvalue weighted by Crippen LogP contribution is 2.03. The van der Waals surface area contributed by atoms with E-state index in [-0.39, 0.29) is 18.8 Å². The first-order chi connectivity index (χ1) is 10.5. The van der Waals surface area contributed by atoms with Crippen LogP contribution in [0.4, 0.5) is 4.79 Å². The van der Waals surface area contributed by atoms with Crippen LogP contribution >= 0.6 is 0 Å². The normalized spacial score (nSPS) is 11.9. The summed E-state index contributed by atoms with van der Waals surface area (Å²) in [5.41, 5.74) is 0.814. The summed E-state index contributed by atoms with van der Waals surface area (Å²) in [6.07, 6.45) is 2.71. The van der Waals surface area contributed by atoms with E-state index in [1.54, 1.807) is 18.2 Å². The van der Waals surface area contributed by atoms with Crippen LogP contribution in [0.2, 0.25) is 0 Å². The van der Waals surface area contributed by atoms with Gasteiger partial charge in [-0.3, -0.25) is 4.79 Å². The van der Waals surface area contributed by atoms with Crippen LogP contribution < -0.4 is 5.32 Å². The molecule has 6 heteroatoms. The number of amides is 1. The Kier molecular flexibility index (Phi) is 7.39. The Morgan fingerprint density at radius 2 is 1.95 bits per heavy atom. The molecule has 0 aliphatic carbocycles. The molecule has 1 aromatic rings. The number of carboxylic acids is 1. The van der Waals surface area contributed by atoms with Crippen LogP contribution in [0.3, 0.4) is 0 Å². The summed E-state index contributed by atoms with van der Waals surface area (Å²) in [7, 11) is 0. The van der Waals surface area contributed by atoms with Crippen LogP contribution in [0.1, 0.15) is 25.3 Å². The van der Waals surface area contributed by atoms with Gasteiger partial charge in [0, 0.05) is 0 Å². The number of allylic oxidation sites excluding steroid dienone is 2. The van der Waals surface area contributed by atoms with E-state index >= 15 is 0 Å². The lowest BCUT2D eigenvalue weighted by atomic mass is 10.1. The highest BCUT2D eigenvalue weighted by molar-refractivity contribution is 5.87. The van der Waals surface area contributed by atoms with E-state index in [4.69, 9.17) is 9.84 Å². The molecule has 0 fully saturated rings. The molecule has 118 valence electrons. The zero-order valence-corrected chi connectivity index (χ0v) is 12.3. The molecule has 6 nitrogen and oxygen atoms in total. The number of carbonyl (C=O) groups excluding carboxylic acids is 2. The van der Waals surface area contributed by atoms with E-state index in [2.05, 4.69) is 5.32 Å². The van der Waals surface area contributed by atoms with Crippen LogP contribution in [0.25, 0.3) is 0 Å². The molecular formula is C16H19NO5.